The van der Waals surface area contributed by atoms with Gasteiger partial charge in [0.25, 0.3) is 0 Å². The minimum atomic E-state index is -1.06. The molecule has 3 aliphatic rings. The Labute approximate surface area is 218 Å². The second kappa shape index (κ2) is 11.2. The lowest BCUT2D eigenvalue weighted by atomic mass is 9.57. The molecule has 4 rings (SSSR count). The smallest absolute Gasteiger partial charge is 0.455 e. The van der Waals surface area contributed by atoms with Gasteiger partial charge >= 0.3 is 13.2 Å². The van der Waals surface area contributed by atoms with Gasteiger partial charge in [0.15, 0.2) is 0 Å². The van der Waals surface area contributed by atoms with Gasteiger partial charge in [-0.3, -0.25) is 9.59 Å². The van der Waals surface area contributed by atoms with Crippen LogP contribution in [0.4, 0.5) is 4.79 Å². The number of methoxy groups -OCH3 is 1. The van der Waals surface area contributed by atoms with Crippen molar-refractivity contribution in [2.24, 2.45) is 23.7 Å². The summed E-state index contributed by atoms with van der Waals surface area (Å²) in [5.74, 6) is -2.45. The summed E-state index contributed by atoms with van der Waals surface area (Å²) in [5.41, 5.74) is 4.21. The molecule has 0 radical (unpaired) electrons. The van der Waals surface area contributed by atoms with E-state index in [1.54, 1.807) is 12.1 Å². The van der Waals surface area contributed by atoms with Crippen molar-refractivity contribution < 1.29 is 33.9 Å². The molecule has 1 aromatic carbocycles. The molecule has 4 atom stereocenters. The van der Waals surface area contributed by atoms with Crippen LogP contribution in [0.2, 0.25) is 6.32 Å². The van der Waals surface area contributed by atoms with E-state index in [9.17, 15) is 24.5 Å². The van der Waals surface area contributed by atoms with E-state index in [2.05, 4.69) is 26.8 Å². The van der Waals surface area contributed by atoms with E-state index in [0.29, 0.717) is 17.7 Å². The Balaban J connectivity index is 1.65. The van der Waals surface area contributed by atoms with Crippen molar-refractivity contribution in [2.45, 2.75) is 65.3 Å². The maximum Gasteiger partial charge on any atom is 0.455 e. The van der Waals surface area contributed by atoms with Crippen LogP contribution in [-0.4, -0.2) is 53.3 Å². The second-order valence-electron chi connectivity index (χ2n) is 10.6. The molecule has 198 valence electrons. The number of allylic oxidation sites excluding steroid dienone is 2. The van der Waals surface area contributed by atoms with Crippen molar-refractivity contribution in [3.63, 3.8) is 0 Å². The highest BCUT2D eigenvalue weighted by Crippen LogP contribution is 2.52. The first-order valence-electron chi connectivity index (χ1n) is 13.2. The molecule has 2 heterocycles. The van der Waals surface area contributed by atoms with E-state index in [0.717, 1.165) is 43.1 Å². The highest BCUT2D eigenvalue weighted by Gasteiger charge is 2.59. The van der Waals surface area contributed by atoms with Crippen LogP contribution in [0.1, 0.15) is 58.4 Å². The number of amides is 3. The molecule has 1 aliphatic carbocycles. The van der Waals surface area contributed by atoms with E-state index >= 15 is 0 Å². The summed E-state index contributed by atoms with van der Waals surface area (Å²) in [4.78, 5) is 39.3. The number of carbonyl (C=O) groups excluding carboxylic acids is 3. The molecule has 0 spiro atoms. The standard InChI is InChI=1S/C28H36BNO7/c1-5-7-17(12-18-8-6-9-19(31)13-18)10-11-23-24-20(16(2)3)14-21-25(22(24)15-29(35)37-23)27(33)30(26(21)32)28(34)36-4/h6,8-9,12-13,16,21-23,25,31,35H,5,7,10-11,14-15H2,1-4H3/b17-12+/t21-,22+,23-,25-/m1/s1. The lowest BCUT2D eigenvalue weighted by Crippen LogP contribution is -2.46. The highest BCUT2D eigenvalue weighted by molar-refractivity contribution is 6.43. The van der Waals surface area contributed by atoms with Crippen molar-refractivity contribution >= 4 is 31.1 Å². The zero-order chi connectivity index (χ0) is 26.9. The summed E-state index contributed by atoms with van der Waals surface area (Å²) in [6.45, 7) is 6.24. The number of hydrogen-bond acceptors (Lipinski definition) is 7. The number of aromatic hydroxyl groups is 1. The van der Waals surface area contributed by atoms with E-state index in [4.69, 9.17) is 9.39 Å². The van der Waals surface area contributed by atoms with Gasteiger partial charge in [-0.15, -0.1) is 0 Å². The fraction of sp³-hybridized carbons (Fsp3) is 0.536. The van der Waals surface area contributed by atoms with Crippen LogP contribution in [0.15, 0.2) is 41.0 Å². The molecule has 0 aromatic heterocycles. The van der Waals surface area contributed by atoms with Crippen molar-refractivity contribution in [1.82, 2.24) is 4.90 Å². The minimum absolute atomic E-state index is 0.118. The lowest BCUT2D eigenvalue weighted by molar-refractivity contribution is -0.137. The van der Waals surface area contributed by atoms with Crippen LogP contribution in [0, 0.1) is 23.7 Å². The van der Waals surface area contributed by atoms with Crippen LogP contribution >= 0.6 is 0 Å². The maximum atomic E-state index is 13.3. The number of rotatable bonds is 7. The third-order valence-electron chi connectivity index (χ3n) is 7.84. The Bertz CT molecular complexity index is 1130. The summed E-state index contributed by atoms with van der Waals surface area (Å²) >= 11 is 0. The van der Waals surface area contributed by atoms with Gasteiger partial charge in [0, 0.05) is 0 Å². The molecule has 2 fully saturated rings. The maximum absolute atomic E-state index is 13.3. The predicted molar refractivity (Wildman–Crippen MR) is 139 cm³/mol. The van der Waals surface area contributed by atoms with Gasteiger partial charge in [-0.25, -0.2) is 4.79 Å². The fourth-order valence-corrected chi connectivity index (χ4v) is 6.28. The number of phenolic OH excluding ortho intramolecular Hbond substituents is 1. The van der Waals surface area contributed by atoms with Crippen molar-refractivity contribution in [3.8, 4) is 5.75 Å². The molecule has 8 nitrogen and oxygen atoms in total. The largest absolute Gasteiger partial charge is 0.508 e. The third kappa shape index (κ3) is 5.38. The first-order valence-corrected chi connectivity index (χ1v) is 13.2. The molecule has 9 heteroatoms. The van der Waals surface area contributed by atoms with Crippen LogP contribution in [0.25, 0.3) is 6.08 Å². The Morgan fingerprint density at radius 2 is 2.00 bits per heavy atom. The molecule has 2 saturated heterocycles. The number of nitrogens with zero attached hydrogens (tertiary/aromatic N) is 1. The van der Waals surface area contributed by atoms with Crippen LogP contribution < -0.4 is 0 Å². The van der Waals surface area contributed by atoms with Gasteiger partial charge in [0.05, 0.1) is 25.0 Å². The van der Waals surface area contributed by atoms with Gasteiger partial charge in [-0.05, 0) is 67.1 Å². The zero-order valence-electron chi connectivity index (χ0n) is 22.0. The van der Waals surface area contributed by atoms with Gasteiger partial charge in [-0.1, -0.05) is 56.5 Å². The van der Waals surface area contributed by atoms with Crippen LogP contribution in [-0.2, 0) is 19.0 Å². The predicted octanol–water partition coefficient (Wildman–Crippen LogP) is 4.58. The lowest BCUT2D eigenvalue weighted by Gasteiger charge is -2.44. The number of imide groups is 3. The number of hydrogen-bond donors (Lipinski definition) is 2. The molecule has 2 N–H and O–H groups in total. The SMILES string of the molecule is CCC/C(=C\c1cccc(O)c1)CC[C@H]1OB(O)C[C@H]2C1=C(C(C)C)C[C@H]1C(=O)N(C(=O)OC)C(=O)[C@H]12. The Morgan fingerprint density at radius 1 is 1.24 bits per heavy atom. The summed E-state index contributed by atoms with van der Waals surface area (Å²) in [5, 5.41) is 20.5. The molecule has 3 amide bonds. The summed E-state index contributed by atoms with van der Waals surface area (Å²) in [6.07, 6.45) is 4.51. The number of carbonyl (C=O) groups is 3. The number of phenols is 1. The number of benzene rings is 1. The van der Waals surface area contributed by atoms with Gasteiger partial charge in [0.1, 0.15) is 5.75 Å². The fourth-order valence-electron chi connectivity index (χ4n) is 6.28. The molecular weight excluding hydrogens is 473 g/mol. The molecule has 0 saturated carbocycles. The molecular formula is C28H36BNO7. The van der Waals surface area contributed by atoms with E-state index in [-0.39, 0.29) is 23.9 Å². The molecule has 37 heavy (non-hydrogen) atoms. The summed E-state index contributed by atoms with van der Waals surface area (Å²) in [7, 11) is 0.0891. The number of ether oxygens (including phenoxy) is 1. The summed E-state index contributed by atoms with van der Waals surface area (Å²) in [6, 6.07) is 7.12. The van der Waals surface area contributed by atoms with Gasteiger partial charge in [-0.2, -0.15) is 4.90 Å². The van der Waals surface area contributed by atoms with Crippen molar-refractivity contribution in [3.05, 3.63) is 46.5 Å². The van der Waals surface area contributed by atoms with E-state index in [1.807, 2.05) is 12.1 Å². The first kappa shape index (κ1) is 27.1. The van der Waals surface area contributed by atoms with E-state index in [1.165, 1.54) is 5.57 Å². The van der Waals surface area contributed by atoms with Crippen LogP contribution in [0.3, 0.4) is 0 Å². The molecule has 1 aromatic rings. The zero-order valence-corrected chi connectivity index (χ0v) is 22.0. The minimum Gasteiger partial charge on any atom is -0.508 e. The van der Waals surface area contributed by atoms with E-state index < -0.39 is 43.0 Å². The Morgan fingerprint density at radius 3 is 2.65 bits per heavy atom. The van der Waals surface area contributed by atoms with Gasteiger partial charge < -0.3 is 19.5 Å². The topological polar surface area (TPSA) is 113 Å². The molecule has 0 bridgehead atoms. The molecule has 0 unspecified atom stereocenters. The Hall–Kier alpha value is -2.91. The third-order valence-corrected chi connectivity index (χ3v) is 7.84. The highest BCUT2D eigenvalue weighted by atomic mass is 16.5. The number of fused-ring (bicyclic) bond motifs is 3. The summed E-state index contributed by atoms with van der Waals surface area (Å²) < 4.78 is 10.8. The van der Waals surface area contributed by atoms with Gasteiger partial charge in [0.2, 0.25) is 11.8 Å². The second-order valence-corrected chi connectivity index (χ2v) is 10.6. The average Bonchev–Trinajstić information content (AvgIpc) is 3.11. The molecule has 2 aliphatic heterocycles. The normalized spacial score (nSPS) is 26.1. The van der Waals surface area contributed by atoms with Crippen molar-refractivity contribution in [1.29, 1.82) is 0 Å². The average molecular weight is 509 g/mol. The monoisotopic (exact) mass is 509 g/mol. The van der Waals surface area contributed by atoms with Crippen LogP contribution in [0.5, 0.6) is 5.75 Å². The quantitative estimate of drug-likeness (QED) is 0.314. The number of likely N-dealkylation sites (tertiary alicyclic amines) is 1. The Kier molecular flexibility index (Phi) is 8.24. The first-order chi connectivity index (χ1) is 17.7. The van der Waals surface area contributed by atoms with Crippen molar-refractivity contribution in [2.75, 3.05) is 7.11 Å².